The fourth-order valence-electron chi connectivity index (χ4n) is 2.12. The van der Waals surface area contributed by atoms with Crippen LogP contribution in [0.1, 0.15) is 63.9 Å². The first-order valence-corrected chi connectivity index (χ1v) is 8.23. The summed E-state index contributed by atoms with van der Waals surface area (Å²) in [5.41, 5.74) is 6.90. The maximum atomic E-state index is 6.20. The molecule has 1 rings (SSSR count). The van der Waals surface area contributed by atoms with Gasteiger partial charge in [0.25, 0.3) is 0 Å². The highest BCUT2D eigenvalue weighted by atomic mass is 32.1. The number of anilines is 1. The molecule has 0 aliphatic carbocycles. The lowest BCUT2D eigenvalue weighted by Crippen LogP contribution is -2.30. The monoisotopic (exact) mass is 283 g/mol. The van der Waals surface area contributed by atoms with Crippen LogP contribution in [0.15, 0.2) is 0 Å². The van der Waals surface area contributed by atoms with Gasteiger partial charge in [0, 0.05) is 18.0 Å². The van der Waals surface area contributed by atoms with Crippen molar-refractivity contribution in [1.29, 1.82) is 0 Å². The van der Waals surface area contributed by atoms with Crippen molar-refractivity contribution in [2.24, 2.45) is 5.73 Å². The molecule has 0 saturated carbocycles. The van der Waals surface area contributed by atoms with Crippen molar-refractivity contribution in [2.45, 2.75) is 65.8 Å². The molecule has 0 amide bonds. The lowest BCUT2D eigenvalue weighted by Gasteiger charge is -2.22. The highest BCUT2D eigenvalue weighted by Gasteiger charge is 2.23. The number of nitrogens with zero attached hydrogens (tertiary/aromatic N) is 2. The second-order valence-electron chi connectivity index (χ2n) is 5.82. The van der Waals surface area contributed by atoms with E-state index in [1.54, 1.807) is 11.3 Å². The van der Waals surface area contributed by atoms with Gasteiger partial charge in [-0.1, -0.05) is 26.7 Å². The van der Waals surface area contributed by atoms with Crippen LogP contribution in [0.25, 0.3) is 0 Å². The average molecular weight is 283 g/mol. The van der Waals surface area contributed by atoms with Crippen LogP contribution in [0.5, 0.6) is 0 Å². The molecule has 2 N–H and O–H groups in total. The molecule has 0 saturated heterocycles. The molecule has 110 valence electrons. The fourth-order valence-corrected chi connectivity index (χ4v) is 3.24. The Labute approximate surface area is 122 Å². The predicted octanol–water partition coefficient (Wildman–Crippen LogP) is 4.05. The molecule has 0 atom stereocenters. The van der Waals surface area contributed by atoms with Gasteiger partial charge in [-0.15, -0.1) is 11.3 Å². The van der Waals surface area contributed by atoms with Gasteiger partial charge in [0.2, 0.25) is 0 Å². The quantitative estimate of drug-likeness (QED) is 0.782. The van der Waals surface area contributed by atoms with Crippen LogP contribution in [0.4, 0.5) is 5.13 Å². The first-order valence-electron chi connectivity index (χ1n) is 7.41. The zero-order chi connectivity index (χ0) is 14.5. The Bertz CT molecular complexity index is 371. The minimum atomic E-state index is -0.347. The Kier molecular flexibility index (Phi) is 6.27. The molecule has 0 aromatic carbocycles. The number of thiazole rings is 1. The molecule has 19 heavy (non-hydrogen) atoms. The molecule has 0 bridgehead atoms. The highest BCUT2D eigenvalue weighted by molar-refractivity contribution is 7.15. The number of rotatable bonds is 8. The SMILES string of the molecule is CCCCN(CCCC)c1nc(C(C)(C)N)c(C)s1. The molecular formula is C15H29N3S. The van der Waals surface area contributed by atoms with Gasteiger partial charge in [-0.05, 0) is 33.6 Å². The zero-order valence-electron chi connectivity index (χ0n) is 13.1. The van der Waals surface area contributed by atoms with Gasteiger partial charge in [0.05, 0.1) is 11.2 Å². The molecule has 1 aromatic rings. The minimum Gasteiger partial charge on any atom is -0.348 e. The van der Waals surface area contributed by atoms with Gasteiger partial charge in [0.15, 0.2) is 5.13 Å². The second kappa shape index (κ2) is 7.25. The first kappa shape index (κ1) is 16.4. The smallest absolute Gasteiger partial charge is 0.185 e. The van der Waals surface area contributed by atoms with Crippen molar-refractivity contribution in [2.75, 3.05) is 18.0 Å². The molecule has 0 aliphatic heterocycles. The van der Waals surface area contributed by atoms with Gasteiger partial charge in [-0.2, -0.15) is 0 Å². The largest absolute Gasteiger partial charge is 0.348 e. The third kappa shape index (κ3) is 4.77. The zero-order valence-corrected chi connectivity index (χ0v) is 13.9. The van der Waals surface area contributed by atoms with E-state index in [9.17, 15) is 0 Å². The van der Waals surface area contributed by atoms with Crippen LogP contribution in [0, 0.1) is 6.92 Å². The molecule has 0 aliphatic rings. The van der Waals surface area contributed by atoms with Gasteiger partial charge in [-0.3, -0.25) is 0 Å². The summed E-state index contributed by atoms with van der Waals surface area (Å²) in [4.78, 5) is 8.49. The van der Waals surface area contributed by atoms with E-state index in [0.717, 1.165) is 23.9 Å². The summed E-state index contributed by atoms with van der Waals surface area (Å²) in [5.74, 6) is 0. The first-order chi connectivity index (χ1) is 8.90. The van der Waals surface area contributed by atoms with Gasteiger partial charge in [-0.25, -0.2) is 4.98 Å². The lowest BCUT2D eigenvalue weighted by molar-refractivity contribution is 0.534. The van der Waals surface area contributed by atoms with Gasteiger partial charge in [0.1, 0.15) is 0 Å². The Balaban J connectivity index is 2.89. The van der Waals surface area contributed by atoms with E-state index in [-0.39, 0.29) is 5.54 Å². The molecule has 4 heteroatoms. The van der Waals surface area contributed by atoms with E-state index in [2.05, 4.69) is 25.7 Å². The fraction of sp³-hybridized carbons (Fsp3) is 0.800. The summed E-state index contributed by atoms with van der Waals surface area (Å²) >= 11 is 1.79. The Morgan fingerprint density at radius 2 is 1.68 bits per heavy atom. The molecule has 1 heterocycles. The highest BCUT2D eigenvalue weighted by Crippen LogP contribution is 2.31. The number of aromatic nitrogens is 1. The van der Waals surface area contributed by atoms with Crippen LogP contribution in [-0.4, -0.2) is 18.1 Å². The molecule has 0 radical (unpaired) electrons. The van der Waals surface area contributed by atoms with E-state index in [0.29, 0.717) is 0 Å². The standard InChI is InChI=1S/C15H29N3S/c1-6-8-10-18(11-9-7-2)14-17-13(12(3)19-14)15(4,5)16/h6-11,16H2,1-5H3. The summed E-state index contributed by atoms with van der Waals surface area (Å²) in [6.07, 6.45) is 4.90. The Hall–Kier alpha value is -0.610. The normalized spacial score (nSPS) is 11.9. The summed E-state index contributed by atoms with van der Waals surface area (Å²) < 4.78 is 0. The maximum absolute atomic E-state index is 6.20. The second-order valence-corrected chi connectivity index (χ2v) is 7.00. The Morgan fingerprint density at radius 3 is 2.05 bits per heavy atom. The molecule has 0 unspecified atom stereocenters. The van der Waals surface area contributed by atoms with E-state index >= 15 is 0 Å². The number of hydrogen-bond donors (Lipinski definition) is 1. The number of hydrogen-bond acceptors (Lipinski definition) is 4. The average Bonchev–Trinajstić information content (AvgIpc) is 2.71. The Morgan fingerprint density at radius 1 is 1.16 bits per heavy atom. The summed E-state index contributed by atoms with van der Waals surface area (Å²) in [6, 6.07) is 0. The van der Waals surface area contributed by atoms with Crippen LogP contribution >= 0.6 is 11.3 Å². The summed E-state index contributed by atoms with van der Waals surface area (Å²) in [6.45, 7) is 12.9. The van der Waals surface area contributed by atoms with Gasteiger partial charge >= 0.3 is 0 Å². The van der Waals surface area contributed by atoms with E-state index < -0.39 is 0 Å². The topological polar surface area (TPSA) is 42.2 Å². The maximum Gasteiger partial charge on any atom is 0.185 e. The predicted molar refractivity (Wildman–Crippen MR) is 86.1 cm³/mol. The van der Waals surface area contributed by atoms with Crippen molar-refractivity contribution in [3.8, 4) is 0 Å². The van der Waals surface area contributed by atoms with Crippen LogP contribution < -0.4 is 10.6 Å². The number of aryl methyl sites for hydroxylation is 1. The third-order valence-electron chi connectivity index (χ3n) is 3.23. The lowest BCUT2D eigenvalue weighted by atomic mass is 10.0. The van der Waals surface area contributed by atoms with Gasteiger partial charge < -0.3 is 10.6 Å². The van der Waals surface area contributed by atoms with Crippen LogP contribution in [0.2, 0.25) is 0 Å². The number of unbranched alkanes of at least 4 members (excludes halogenated alkanes) is 2. The van der Waals surface area contributed by atoms with Crippen LogP contribution in [-0.2, 0) is 5.54 Å². The summed E-state index contributed by atoms with van der Waals surface area (Å²) in [7, 11) is 0. The van der Waals surface area contributed by atoms with Crippen molar-refractivity contribution in [1.82, 2.24) is 4.98 Å². The minimum absolute atomic E-state index is 0.347. The molecule has 0 spiro atoms. The van der Waals surface area contributed by atoms with E-state index in [1.807, 2.05) is 13.8 Å². The van der Waals surface area contributed by atoms with Crippen molar-refractivity contribution >= 4 is 16.5 Å². The summed E-state index contributed by atoms with van der Waals surface area (Å²) in [5, 5.41) is 1.15. The van der Waals surface area contributed by atoms with Crippen molar-refractivity contribution < 1.29 is 0 Å². The third-order valence-corrected chi connectivity index (χ3v) is 4.26. The van der Waals surface area contributed by atoms with Crippen LogP contribution in [0.3, 0.4) is 0 Å². The molecule has 0 fully saturated rings. The van der Waals surface area contributed by atoms with E-state index in [1.165, 1.54) is 30.6 Å². The molecule has 1 aromatic heterocycles. The number of nitrogens with two attached hydrogens (primary N) is 1. The van der Waals surface area contributed by atoms with Crippen molar-refractivity contribution in [3.05, 3.63) is 10.6 Å². The molecular weight excluding hydrogens is 254 g/mol. The molecule has 3 nitrogen and oxygen atoms in total. The van der Waals surface area contributed by atoms with E-state index in [4.69, 9.17) is 10.7 Å². The van der Waals surface area contributed by atoms with Crippen molar-refractivity contribution in [3.63, 3.8) is 0 Å².